The van der Waals surface area contributed by atoms with E-state index in [1.165, 1.54) is 0 Å². The molecule has 0 aliphatic heterocycles. The molecule has 4 nitrogen and oxygen atoms in total. The van der Waals surface area contributed by atoms with Gasteiger partial charge in [-0.2, -0.15) is 5.26 Å². The van der Waals surface area contributed by atoms with E-state index >= 15 is 0 Å². The monoisotopic (exact) mass is 177 g/mol. The number of rotatable bonds is 6. The average Bonchev–Trinajstić information content (AvgIpc) is 2.01. The fourth-order valence-corrected chi connectivity index (χ4v) is 1.21. The SMILES string of the molecule is CCOP(OCC)OCC#N. The standard InChI is InChI=1S/C6H12NO3P/c1-3-8-11(9-4-2)10-6-5-7/h3-4,6H2,1-2H3. The normalized spacial score (nSPS) is 10.0. The highest BCUT2D eigenvalue weighted by Gasteiger charge is 2.08. The second-order valence-corrected chi connectivity index (χ2v) is 2.71. The summed E-state index contributed by atoms with van der Waals surface area (Å²) in [4.78, 5) is 0. The molecule has 0 atom stereocenters. The highest BCUT2D eigenvalue weighted by molar-refractivity contribution is 7.41. The van der Waals surface area contributed by atoms with E-state index in [2.05, 4.69) is 0 Å². The number of hydrogen-bond acceptors (Lipinski definition) is 4. The molecule has 0 radical (unpaired) electrons. The van der Waals surface area contributed by atoms with Crippen LogP contribution in [0.5, 0.6) is 0 Å². The third-order valence-electron chi connectivity index (χ3n) is 0.704. The van der Waals surface area contributed by atoms with Crippen LogP contribution in [0.3, 0.4) is 0 Å². The Morgan fingerprint density at radius 2 is 1.73 bits per heavy atom. The molecule has 64 valence electrons. The Kier molecular flexibility index (Phi) is 7.76. The molecule has 0 aromatic heterocycles. The first kappa shape index (κ1) is 10.8. The fourth-order valence-electron chi connectivity index (χ4n) is 0.404. The molecule has 0 saturated carbocycles. The summed E-state index contributed by atoms with van der Waals surface area (Å²) in [5.74, 6) is 0. The predicted molar refractivity (Wildman–Crippen MR) is 41.7 cm³/mol. The summed E-state index contributed by atoms with van der Waals surface area (Å²) in [6.45, 7) is 4.80. The van der Waals surface area contributed by atoms with Crippen LogP contribution in [0, 0.1) is 11.3 Å². The van der Waals surface area contributed by atoms with Gasteiger partial charge in [-0.25, -0.2) is 0 Å². The Balaban J connectivity index is 3.44. The molecule has 0 unspecified atom stereocenters. The van der Waals surface area contributed by atoms with Gasteiger partial charge < -0.3 is 9.05 Å². The van der Waals surface area contributed by atoms with Crippen LogP contribution in [0.25, 0.3) is 0 Å². The van der Waals surface area contributed by atoms with Gasteiger partial charge in [-0.3, -0.25) is 4.52 Å². The van der Waals surface area contributed by atoms with E-state index in [-0.39, 0.29) is 6.61 Å². The molecule has 0 aromatic carbocycles. The minimum Gasteiger partial charge on any atom is -0.313 e. The Hall–Kier alpha value is -0.200. The van der Waals surface area contributed by atoms with Gasteiger partial charge in [-0.15, -0.1) is 0 Å². The maximum atomic E-state index is 8.18. The first-order valence-electron chi connectivity index (χ1n) is 3.41. The van der Waals surface area contributed by atoms with Crippen LogP contribution in [0.4, 0.5) is 0 Å². The molecule has 0 N–H and O–H groups in total. The van der Waals surface area contributed by atoms with E-state index in [0.717, 1.165) is 0 Å². The van der Waals surface area contributed by atoms with Gasteiger partial charge >= 0.3 is 8.60 Å². The minimum atomic E-state index is -1.29. The van der Waals surface area contributed by atoms with Crippen molar-refractivity contribution in [1.29, 1.82) is 5.26 Å². The van der Waals surface area contributed by atoms with Crippen molar-refractivity contribution in [2.75, 3.05) is 19.8 Å². The zero-order chi connectivity index (χ0) is 8.53. The zero-order valence-corrected chi connectivity index (χ0v) is 7.63. The Bertz CT molecular complexity index is 119. The largest absolute Gasteiger partial charge is 0.333 e. The van der Waals surface area contributed by atoms with Gasteiger partial charge in [0.05, 0.1) is 19.3 Å². The second kappa shape index (κ2) is 7.90. The Labute approximate surface area is 68.1 Å². The summed E-state index contributed by atoms with van der Waals surface area (Å²) in [5.41, 5.74) is 0. The van der Waals surface area contributed by atoms with E-state index < -0.39 is 8.60 Å². The molecular formula is C6H12NO3P. The van der Waals surface area contributed by atoms with Gasteiger partial charge in [0.1, 0.15) is 6.61 Å². The smallest absolute Gasteiger partial charge is 0.313 e. The van der Waals surface area contributed by atoms with Crippen LogP contribution in [-0.2, 0) is 13.6 Å². The molecule has 0 aliphatic carbocycles. The lowest BCUT2D eigenvalue weighted by atomic mass is 10.9. The lowest BCUT2D eigenvalue weighted by Gasteiger charge is -2.12. The maximum absolute atomic E-state index is 8.18. The van der Waals surface area contributed by atoms with Crippen molar-refractivity contribution in [3.05, 3.63) is 0 Å². The van der Waals surface area contributed by atoms with Crippen molar-refractivity contribution in [2.24, 2.45) is 0 Å². The highest BCUT2D eigenvalue weighted by atomic mass is 31.2. The number of nitrogens with zero attached hydrogens (tertiary/aromatic N) is 1. The summed E-state index contributed by atoms with van der Waals surface area (Å²) < 4.78 is 15.0. The van der Waals surface area contributed by atoms with Gasteiger partial charge in [0.25, 0.3) is 0 Å². The van der Waals surface area contributed by atoms with Crippen molar-refractivity contribution < 1.29 is 13.6 Å². The second-order valence-electron chi connectivity index (χ2n) is 1.49. The first-order chi connectivity index (χ1) is 5.35. The van der Waals surface area contributed by atoms with Crippen molar-refractivity contribution >= 4 is 8.60 Å². The van der Waals surface area contributed by atoms with Crippen LogP contribution < -0.4 is 0 Å². The summed E-state index contributed by atoms with van der Waals surface area (Å²) in [5, 5.41) is 8.18. The summed E-state index contributed by atoms with van der Waals surface area (Å²) in [6.07, 6.45) is 0. The van der Waals surface area contributed by atoms with E-state index in [1.54, 1.807) is 0 Å². The third kappa shape index (κ3) is 6.21. The quantitative estimate of drug-likeness (QED) is 0.580. The van der Waals surface area contributed by atoms with Crippen LogP contribution in [0.2, 0.25) is 0 Å². The van der Waals surface area contributed by atoms with Crippen LogP contribution in [0.1, 0.15) is 13.8 Å². The predicted octanol–water partition coefficient (Wildman–Crippen LogP) is 1.83. The summed E-state index contributed by atoms with van der Waals surface area (Å²) >= 11 is 0. The van der Waals surface area contributed by atoms with Gasteiger partial charge in [0.2, 0.25) is 0 Å². The molecule has 0 heterocycles. The van der Waals surface area contributed by atoms with Crippen LogP contribution >= 0.6 is 8.60 Å². The molecule has 0 rings (SSSR count). The molecule has 11 heavy (non-hydrogen) atoms. The van der Waals surface area contributed by atoms with Crippen molar-refractivity contribution in [3.63, 3.8) is 0 Å². The summed E-state index contributed by atoms with van der Waals surface area (Å²) in [7, 11) is -1.29. The zero-order valence-electron chi connectivity index (χ0n) is 6.74. The van der Waals surface area contributed by atoms with Crippen molar-refractivity contribution in [1.82, 2.24) is 0 Å². The van der Waals surface area contributed by atoms with Gasteiger partial charge in [0.15, 0.2) is 0 Å². The molecular weight excluding hydrogens is 165 g/mol. The highest BCUT2D eigenvalue weighted by Crippen LogP contribution is 2.38. The van der Waals surface area contributed by atoms with Gasteiger partial charge in [0, 0.05) is 0 Å². The van der Waals surface area contributed by atoms with Crippen LogP contribution in [0.15, 0.2) is 0 Å². The molecule has 0 spiro atoms. The number of nitriles is 1. The molecule has 0 aliphatic rings. The lowest BCUT2D eigenvalue weighted by molar-refractivity contribution is 0.183. The van der Waals surface area contributed by atoms with E-state index in [9.17, 15) is 0 Å². The fraction of sp³-hybridized carbons (Fsp3) is 0.833. The maximum Gasteiger partial charge on any atom is 0.333 e. The van der Waals surface area contributed by atoms with Gasteiger partial charge in [-0.1, -0.05) is 0 Å². The molecule has 5 heteroatoms. The van der Waals surface area contributed by atoms with Crippen molar-refractivity contribution in [3.8, 4) is 6.07 Å². The molecule has 0 aromatic rings. The Morgan fingerprint density at radius 1 is 1.18 bits per heavy atom. The van der Waals surface area contributed by atoms with Crippen LogP contribution in [-0.4, -0.2) is 19.8 Å². The number of hydrogen-bond donors (Lipinski definition) is 0. The topological polar surface area (TPSA) is 51.5 Å². The lowest BCUT2D eigenvalue weighted by Crippen LogP contribution is -1.95. The molecule has 0 saturated heterocycles. The molecule has 0 amide bonds. The molecule has 0 bridgehead atoms. The average molecular weight is 177 g/mol. The molecule has 0 fully saturated rings. The van der Waals surface area contributed by atoms with Gasteiger partial charge in [-0.05, 0) is 13.8 Å². The summed E-state index contributed by atoms with van der Waals surface area (Å²) in [6, 6.07) is 1.85. The van der Waals surface area contributed by atoms with Crippen molar-refractivity contribution in [2.45, 2.75) is 13.8 Å². The Morgan fingerprint density at radius 3 is 2.09 bits per heavy atom. The van der Waals surface area contributed by atoms with E-state index in [1.807, 2.05) is 19.9 Å². The first-order valence-corrected chi connectivity index (χ1v) is 4.50. The minimum absolute atomic E-state index is 0.0195. The van der Waals surface area contributed by atoms with E-state index in [0.29, 0.717) is 13.2 Å². The van der Waals surface area contributed by atoms with E-state index in [4.69, 9.17) is 18.8 Å². The third-order valence-corrected chi connectivity index (χ3v) is 1.98.